The van der Waals surface area contributed by atoms with Gasteiger partial charge < -0.3 is 9.88 Å². The zero-order valence-electron chi connectivity index (χ0n) is 16.1. The highest BCUT2D eigenvalue weighted by molar-refractivity contribution is 8.00. The van der Waals surface area contributed by atoms with Gasteiger partial charge in [0.1, 0.15) is 5.82 Å². The van der Waals surface area contributed by atoms with E-state index in [4.69, 9.17) is 0 Å². The van der Waals surface area contributed by atoms with Crippen LogP contribution in [-0.4, -0.2) is 25.9 Å². The first-order valence-corrected chi connectivity index (χ1v) is 10.5. The van der Waals surface area contributed by atoms with Crippen molar-refractivity contribution in [3.63, 3.8) is 0 Å². The van der Waals surface area contributed by atoms with E-state index in [1.54, 1.807) is 0 Å². The Labute approximate surface area is 169 Å². The van der Waals surface area contributed by atoms with Crippen LogP contribution in [0.2, 0.25) is 0 Å². The zero-order chi connectivity index (χ0) is 19.5. The molecule has 28 heavy (non-hydrogen) atoms. The first kappa shape index (κ1) is 18.7. The molecule has 3 aromatic rings. The monoisotopic (exact) mass is 392 g/mol. The van der Waals surface area contributed by atoms with Crippen LogP contribution in [0.3, 0.4) is 0 Å². The summed E-state index contributed by atoms with van der Waals surface area (Å²) >= 11 is 1.46. The second-order valence-electron chi connectivity index (χ2n) is 7.31. The fraction of sp³-hybridized carbons (Fsp3) is 0.318. The Kier molecular flexibility index (Phi) is 5.48. The predicted octanol–water partition coefficient (Wildman–Crippen LogP) is 4.63. The van der Waals surface area contributed by atoms with Crippen LogP contribution < -0.4 is 5.32 Å². The van der Waals surface area contributed by atoms with E-state index in [2.05, 4.69) is 32.2 Å². The molecule has 1 heterocycles. The lowest BCUT2D eigenvalue weighted by Gasteiger charge is -2.14. The lowest BCUT2D eigenvalue weighted by molar-refractivity contribution is -0.115. The number of nitrogens with zero attached hydrogens (tertiary/aromatic N) is 3. The Morgan fingerprint density at radius 3 is 2.68 bits per heavy atom. The Hall–Kier alpha value is -2.60. The van der Waals surface area contributed by atoms with E-state index in [1.165, 1.54) is 30.2 Å². The van der Waals surface area contributed by atoms with E-state index in [0.29, 0.717) is 5.92 Å². The molecule has 0 radical (unpaired) electrons. The summed E-state index contributed by atoms with van der Waals surface area (Å²) in [6.07, 6.45) is 2.34. The Morgan fingerprint density at radius 2 is 1.96 bits per heavy atom. The molecule has 1 aliphatic carbocycles. The Bertz CT molecular complexity index is 966. The summed E-state index contributed by atoms with van der Waals surface area (Å²) in [6.45, 7) is 4.65. The Morgan fingerprint density at radius 1 is 1.18 bits per heavy atom. The number of anilines is 1. The summed E-state index contributed by atoms with van der Waals surface area (Å²) in [6, 6.07) is 18.2. The summed E-state index contributed by atoms with van der Waals surface area (Å²) in [4.78, 5) is 12.7. The molecule has 0 aliphatic heterocycles. The average Bonchev–Trinajstić information content (AvgIpc) is 3.46. The third kappa shape index (κ3) is 4.44. The van der Waals surface area contributed by atoms with Gasteiger partial charge in [0.25, 0.3) is 0 Å². The minimum absolute atomic E-state index is 0.0298. The number of hydrogen-bond donors (Lipinski definition) is 1. The van der Waals surface area contributed by atoms with Crippen LogP contribution in [0.15, 0.2) is 59.8 Å². The summed E-state index contributed by atoms with van der Waals surface area (Å²) in [7, 11) is 0. The number of benzene rings is 2. The maximum absolute atomic E-state index is 12.7. The van der Waals surface area contributed by atoms with Gasteiger partial charge in [-0.15, -0.1) is 10.2 Å². The smallest absolute Gasteiger partial charge is 0.237 e. The van der Waals surface area contributed by atoms with Crippen molar-refractivity contribution in [1.82, 2.24) is 14.8 Å². The van der Waals surface area contributed by atoms with Crippen LogP contribution in [0.25, 0.3) is 0 Å². The van der Waals surface area contributed by atoms with Gasteiger partial charge in [-0.3, -0.25) is 4.79 Å². The Balaban J connectivity index is 1.50. The number of carbonyl (C=O) groups excluding carboxylic acids is 1. The molecule has 5 nitrogen and oxygen atoms in total. The first-order valence-electron chi connectivity index (χ1n) is 9.61. The summed E-state index contributed by atoms with van der Waals surface area (Å²) in [5.41, 5.74) is 3.15. The molecule has 4 rings (SSSR count). The highest BCUT2D eigenvalue weighted by atomic mass is 32.2. The topological polar surface area (TPSA) is 59.8 Å². The van der Waals surface area contributed by atoms with Crippen LogP contribution in [0.5, 0.6) is 0 Å². The highest BCUT2D eigenvalue weighted by Crippen LogP contribution is 2.40. The van der Waals surface area contributed by atoms with Crippen LogP contribution in [0.1, 0.15) is 42.6 Å². The van der Waals surface area contributed by atoms with Crippen molar-refractivity contribution in [2.75, 3.05) is 5.32 Å². The number of carbonyl (C=O) groups is 1. The van der Waals surface area contributed by atoms with Crippen molar-refractivity contribution in [2.45, 2.75) is 49.6 Å². The minimum atomic E-state index is -0.272. The van der Waals surface area contributed by atoms with Crippen LogP contribution >= 0.6 is 11.8 Å². The van der Waals surface area contributed by atoms with Gasteiger partial charge >= 0.3 is 0 Å². The van der Waals surface area contributed by atoms with Gasteiger partial charge in [0.05, 0.1) is 11.8 Å². The fourth-order valence-electron chi connectivity index (χ4n) is 3.12. The van der Waals surface area contributed by atoms with E-state index in [-0.39, 0.29) is 11.2 Å². The number of hydrogen-bond acceptors (Lipinski definition) is 4. The van der Waals surface area contributed by atoms with Gasteiger partial charge in [0, 0.05) is 11.6 Å². The molecule has 1 aromatic heterocycles. The fourth-order valence-corrected chi connectivity index (χ4v) is 3.98. The third-order valence-electron chi connectivity index (χ3n) is 4.81. The predicted molar refractivity (Wildman–Crippen MR) is 113 cm³/mol. The molecular weight excluding hydrogens is 368 g/mol. The van der Waals surface area contributed by atoms with Crippen molar-refractivity contribution < 1.29 is 4.79 Å². The van der Waals surface area contributed by atoms with Crippen molar-refractivity contribution in [3.05, 3.63) is 71.5 Å². The molecule has 1 fully saturated rings. The summed E-state index contributed by atoms with van der Waals surface area (Å²) < 4.78 is 2.17. The average molecular weight is 393 g/mol. The van der Waals surface area contributed by atoms with Gasteiger partial charge in [-0.1, -0.05) is 54.2 Å². The number of thioether (sulfide) groups is 1. The largest absolute Gasteiger partial charge is 0.325 e. The van der Waals surface area contributed by atoms with E-state index >= 15 is 0 Å². The molecule has 6 heteroatoms. The zero-order valence-corrected chi connectivity index (χ0v) is 16.9. The number of aryl methyl sites for hydroxylation is 1. The van der Waals surface area contributed by atoms with Gasteiger partial charge in [-0.05, 0) is 49.9 Å². The minimum Gasteiger partial charge on any atom is -0.325 e. The van der Waals surface area contributed by atoms with Gasteiger partial charge in [0.15, 0.2) is 5.16 Å². The van der Waals surface area contributed by atoms with Gasteiger partial charge in [0.2, 0.25) is 5.91 Å². The molecule has 2 aromatic carbocycles. The van der Waals surface area contributed by atoms with Gasteiger partial charge in [-0.2, -0.15) is 0 Å². The van der Waals surface area contributed by atoms with E-state index in [0.717, 1.165) is 28.8 Å². The van der Waals surface area contributed by atoms with Crippen LogP contribution in [0, 0.1) is 6.92 Å². The molecule has 0 bridgehead atoms. The molecular formula is C22H24N4OS. The van der Waals surface area contributed by atoms with Crippen LogP contribution in [0.4, 0.5) is 5.69 Å². The maximum Gasteiger partial charge on any atom is 0.237 e. The summed E-state index contributed by atoms with van der Waals surface area (Å²) in [5, 5.41) is 12.4. The molecule has 0 saturated heterocycles. The third-order valence-corrected chi connectivity index (χ3v) is 5.89. The van der Waals surface area contributed by atoms with Crippen molar-refractivity contribution in [2.24, 2.45) is 0 Å². The number of nitrogens with one attached hydrogen (secondary N) is 1. The van der Waals surface area contributed by atoms with E-state index in [9.17, 15) is 4.79 Å². The number of amides is 1. The van der Waals surface area contributed by atoms with Crippen molar-refractivity contribution in [1.29, 1.82) is 0 Å². The van der Waals surface area contributed by atoms with E-state index in [1.807, 2.05) is 56.3 Å². The van der Waals surface area contributed by atoms with Crippen LogP contribution in [-0.2, 0) is 11.3 Å². The molecule has 1 unspecified atom stereocenters. The standard InChI is InChI=1S/C22H24N4OS/c1-15-7-6-10-19(13-15)23-21(27)16(2)28-22-25-24-20(18-11-12-18)26(22)14-17-8-4-3-5-9-17/h3-10,13,16,18H,11-12,14H2,1-2H3,(H,23,27). The summed E-state index contributed by atoms with van der Waals surface area (Å²) in [5.74, 6) is 1.51. The lowest BCUT2D eigenvalue weighted by atomic mass is 10.2. The highest BCUT2D eigenvalue weighted by Gasteiger charge is 2.31. The van der Waals surface area contributed by atoms with Crippen molar-refractivity contribution in [3.8, 4) is 0 Å². The molecule has 1 atom stereocenters. The second kappa shape index (κ2) is 8.19. The molecule has 144 valence electrons. The maximum atomic E-state index is 12.7. The molecule has 1 saturated carbocycles. The van der Waals surface area contributed by atoms with E-state index < -0.39 is 0 Å². The SMILES string of the molecule is Cc1cccc(NC(=O)C(C)Sc2nnc(C3CC3)n2Cc2ccccc2)c1. The number of aromatic nitrogens is 3. The van der Waals surface area contributed by atoms with Gasteiger partial charge in [-0.25, -0.2) is 0 Å². The second-order valence-corrected chi connectivity index (χ2v) is 8.61. The lowest BCUT2D eigenvalue weighted by Crippen LogP contribution is -2.23. The molecule has 1 N–H and O–H groups in total. The molecule has 1 amide bonds. The van der Waals surface area contributed by atoms with Crippen molar-refractivity contribution >= 4 is 23.4 Å². The quantitative estimate of drug-likeness (QED) is 0.596. The first-order chi connectivity index (χ1) is 13.6. The molecule has 1 aliphatic rings. The number of rotatable bonds is 7. The normalized spacial score (nSPS) is 14.6. The molecule has 0 spiro atoms.